The Bertz CT molecular complexity index is 1860. The lowest BCUT2D eigenvalue weighted by Crippen LogP contribution is -2.48. The second-order valence-corrected chi connectivity index (χ2v) is 22.0. The molecule has 52 heavy (non-hydrogen) atoms. The molecule has 280 valence electrons. The van der Waals surface area contributed by atoms with E-state index in [1.54, 1.807) is 0 Å². The number of nitrogens with zero attached hydrogens (tertiary/aromatic N) is 2. The molecule has 0 saturated carbocycles. The van der Waals surface area contributed by atoms with Gasteiger partial charge in [0, 0.05) is 57.8 Å². The Balaban J connectivity index is 1.51. The molecular weight excluding hydrogens is 695 g/mol. The molecule has 4 rings (SSSR count). The third-order valence-electron chi connectivity index (χ3n) is 8.84. The lowest BCUT2D eigenvalue weighted by Gasteiger charge is -2.26. The van der Waals surface area contributed by atoms with Crippen LogP contribution in [-0.4, -0.2) is 76.6 Å². The van der Waals surface area contributed by atoms with Crippen molar-refractivity contribution in [3.8, 4) is 0 Å². The van der Waals surface area contributed by atoms with Crippen LogP contribution in [-0.2, 0) is 34.5 Å². The number of aromatic nitrogens is 1. The number of hydrogen-bond acceptors (Lipinski definition) is 7. The van der Waals surface area contributed by atoms with Gasteiger partial charge in [-0.25, -0.2) is 8.42 Å². The van der Waals surface area contributed by atoms with Gasteiger partial charge in [-0.2, -0.15) is 0 Å². The number of carbonyl (C=O) groups is 2. The predicted octanol–water partition coefficient (Wildman–Crippen LogP) is 5.18. The summed E-state index contributed by atoms with van der Waals surface area (Å²) in [4.78, 5) is 27.4. The number of ether oxygens (including phenoxy) is 1. The van der Waals surface area contributed by atoms with Gasteiger partial charge in [-0.05, 0) is 60.8 Å². The van der Waals surface area contributed by atoms with Crippen molar-refractivity contribution < 1.29 is 27.9 Å². The Morgan fingerprint density at radius 2 is 1.52 bits per heavy atom. The fourth-order valence-corrected chi connectivity index (χ4v) is 6.77. The zero-order valence-corrected chi connectivity index (χ0v) is 32.8. The molecular formula is C39H53N5O6SSi. The number of benzene rings is 3. The first-order valence-corrected chi connectivity index (χ1v) is 23.1. The fraction of sp³-hybridized carbons (Fsp3) is 0.385. The van der Waals surface area contributed by atoms with Gasteiger partial charge in [0.25, 0.3) is 11.8 Å². The highest BCUT2D eigenvalue weighted by Gasteiger charge is 2.25. The summed E-state index contributed by atoms with van der Waals surface area (Å²) < 4.78 is 34.0. The first kappa shape index (κ1) is 40.5. The highest BCUT2D eigenvalue weighted by molar-refractivity contribution is 7.92. The van der Waals surface area contributed by atoms with Crippen molar-refractivity contribution in [2.45, 2.75) is 70.5 Å². The van der Waals surface area contributed by atoms with E-state index in [2.05, 4.69) is 35.6 Å². The van der Waals surface area contributed by atoms with Crippen LogP contribution < -0.4 is 20.3 Å². The van der Waals surface area contributed by atoms with Gasteiger partial charge >= 0.3 is 0 Å². The number of amides is 2. The van der Waals surface area contributed by atoms with Crippen LogP contribution >= 0.6 is 0 Å². The predicted molar refractivity (Wildman–Crippen MR) is 210 cm³/mol. The number of aliphatic hydroxyl groups excluding tert-OH is 1. The molecule has 0 radical (unpaired) electrons. The van der Waals surface area contributed by atoms with E-state index in [-0.39, 0.29) is 29.4 Å². The maximum atomic E-state index is 13.9. The van der Waals surface area contributed by atoms with Gasteiger partial charge in [0.15, 0.2) is 0 Å². The van der Waals surface area contributed by atoms with Crippen molar-refractivity contribution in [3.05, 3.63) is 125 Å². The topological polar surface area (TPSA) is 142 Å². The number of anilines is 1. The van der Waals surface area contributed by atoms with E-state index in [0.717, 1.165) is 33.4 Å². The van der Waals surface area contributed by atoms with E-state index >= 15 is 0 Å². The fourth-order valence-electron chi connectivity index (χ4n) is 5.52. The van der Waals surface area contributed by atoms with Crippen LogP contribution in [0.4, 0.5) is 5.69 Å². The lowest BCUT2D eigenvalue weighted by molar-refractivity contribution is 0.0816. The molecule has 0 aliphatic carbocycles. The summed E-state index contributed by atoms with van der Waals surface area (Å²) in [5.74, 6) is -1.02. The maximum absolute atomic E-state index is 13.9. The van der Waals surface area contributed by atoms with Crippen LogP contribution in [0.1, 0.15) is 50.5 Å². The minimum Gasteiger partial charge on any atom is -0.390 e. The summed E-state index contributed by atoms with van der Waals surface area (Å²) in [7, 11) is -3.54. The molecule has 0 fully saturated rings. The molecule has 4 N–H and O–H groups in total. The van der Waals surface area contributed by atoms with Crippen LogP contribution in [0.2, 0.25) is 25.7 Å². The van der Waals surface area contributed by atoms with Gasteiger partial charge < -0.3 is 30.4 Å². The molecule has 0 bridgehead atoms. The van der Waals surface area contributed by atoms with E-state index in [4.69, 9.17) is 4.74 Å². The summed E-state index contributed by atoms with van der Waals surface area (Å²) in [5, 5.41) is 20.7. The highest BCUT2D eigenvalue weighted by Crippen LogP contribution is 2.22. The number of carbonyl (C=O) groups excluding carboxylic acids is 2. The minimum atomic E-state index is -3.72. The third kappa shape index (κ3) is 12.4. The molecule has 3 atom stereocenters. The quantitative estimate of drug-likeness (QED) is 0.0766. The number of hydrogen-bond donors (Lipinski definition) is 4. The van der Waals surface area contributed by atoms with Gasteiger partial charge in [-0.3, -0.25) is 13.9 Å². The summed E-state index contributed by atoms with van der Waals surface area (Å²) in [6.07, 6.45) is 2.36. The maximum Gasteiger partial charge on any atom is 0.251 e. The molecule has 3 unspecified atom stereocenters. The van der Waals surface area contributed by atoms with Gasteiger partial charge in [-0.1, -0.05) is 80.3 Å². The van der Waals surface area contributed by atoms with Gasteiger partial charge in [0.2, 0.25) is 10.0 Å². The van der Waals surface area contributed by atoms with Crippen LogP contribution in [0.25, 0.3) is 0 Å². The van der Waals surface area contributed by atoms with Crippen molar-refractivity contribution >= 4 is 35.6 Å². The Morgan fingerprint density at radius 3 is 2.13 bits per heavy atom. The molecule has 0 aliphatic heterocycles. The summed E-state index contributed by atoms with van der Waals surface area (Å²) in [6, 6.07) is 27.3. The Hall–Kier alpha value is -4.27. The Labute approximate surface area is 309 Å². The van der Waals surface area contributed by atoms with E-state index in [1.165, 1.54) is 25.2 Å². The van der Waals surface area contributed by atoms with E-state index < -0.39 is 42.1 Å². The zero-order chi connectivity index (χ0) is 37.9. The van der Waals surface area contributed by atoms with Crippen LogP contribution in [0.15, 0.2) is 97.2 Å². The van der Waals surface area contributed by atoms with Crippen molar-refractivity contribution in [1.82, 2.24) is 20.5 Å². The van der Waals surface area contributed by atoms with Gasteiger partial charge in [0.05, 0.1) is 30.1 Å². The number of rotatable bonds is 19. The van der Waals surface area contributed by atoms with Crippen molar-refractivity contribution in [3.63, 3.8) is 0 Å². The third-order valence-corrected chi connectivity index (χ3v) is 11.7. The second kappa shape index (κ2) is 18.5. The molecule has 0 aliphatic rings. The molecule has 1 aromatic heterocycles. The normalized spacial score (nSPS) is 13.6. The highest BCUT2D eigenvalue weighted by atomic mass is 32.2. The standard InChI is InChI=1S/C39H53N5O6SSi/c1-29(31-16-11-8-12-17-31)41-38(46)32-23-33(25-35(24-32)43(2)51(3,48)49)39(47)42-36(22-30-14-9-7-10-15-30)37(45)27-40-26-34-18-13-19-44(34)28-50-20-21-52(4,5)6/h7-19,23-25,29,36-37,40,45H,20-22,26-28H2,1-6H3,(H,41,46)(H,42,47). The molecule has 2 amide bonds. The molecule has 1 heterocycles. The van der Waals surface area contributed by atoms with E-state index in [1.807, 2.05) is 90.5 Å². The van der Waals surface area contributed by atoms with Crippen molar-refractivity contribution in [2.24, 2.45) is 0 Å². The van der Waals surface area contributed by atoms with Crippen LogP contribution in [0.5, 0.6) is 0 Å². The summed E-state index contributed by atoms with van der Waals surface area (Å²) >= 11 is 0. The minimum absolute atomic E-state index is 0.0793. The van der Waals surface area contributed by atoms with Gasteiger partial charge in [-0.15, -0.1) is 0 Å². The first-order valence-electron chi connectivity index (χ1n) is 17.5. The number of aliphatic hydroxyl groups is 1. The average Bonchev–Trinajstić information content (AvgIpc) is 3.56. The van der Waals surface area contributed by atoms with Crippen molar-refractivity contribution in [1.29, 1.82) is 0 Å². The zero-order valence-electron chi connectivity index (χ0n) is 31.0. The summed E-state index contributed by atoms with van der Waals surface area (Å²) in [5.41, 5.74) is 3.16. The molecule has 13 heteroatoms. The molecule has 0 saturated heterocycles. The monoisotopic (exact) mass is 747 g/mol. The second-order valence-electron chi connectivity index (χ2n) is 14.4. The van der Waals surface area contributed by atoms with Crippen molar-refractivity contribution in [2.75, 3.05) is 30.8 Å². The smallest absolute Gasteiger partial charge is 0.251 e. The molecule has 0 spiro atoms. The SMILES string of the molecule is CC(NC(=O)c1cc(C(=O)NC(Cc2ccccc2)C(O)CNCc2cccn2COCC[Si](C)(C)C)cc(N(C)S(C)(=O)=O)c1)c1ccccc1. The average molecular weight is 748 g/mol. The Kier molecular flexibility index (Phi) is 14.4. The lowest BCUT2D eigenvalue weighted by atomic mass is 10.00. The molecule has 3 aromatic carbocycles. The molecule has 11 nitrogen and oxygen atoms in total. The number of sulfonamides is 1. The summed E-state index contributed by atoms with van der Waals surface area (Å²) in [6.45, 7) is 10.6. The van der Waals surface area contributed by atoms with Crippen LogP contribution in [0, 0.1) is 0 Å². The first-order chi connectivity index (χ1) is 24.6. The van der Waals surface area contributed by atoms with E-state index in [9.17, 15) is 23.1 Å². The van der Waals surface area contributed by atoms with Crippen LogP contribution in [0.3, 0.4) is 0 Å². The molecule has 4 aromatic rings. The van der Waals surface area contributed by atoms with Gasteiger partial charge in [0.1, 0.15) is 6.73 Å². The number of nitrogens with one attached hydrogen (secondary N) is 3. The largest absolute Gasteiger partial charge is 0.390 e. The Morgan fingerprint density at radius 1 is 0.904 bits per heavy atom. The van der Waals surface area contributed by atoms with E-state index in [0.29, 0.717) is 26.3 Å².